The summed E-state index contributed by atoms with van der Waals surface area (Å²) in [6.45, 7) is 0. The van der Waals surface area contributed by atoms with Gasteiger partial charge in [-0.1, -0.05) is 0 Å². The van der Waals surface area contributed by atoms with Gasteiger partial charge in [-0.2, -0.15) is 0 Å². The average molecular weight is 369 g/mol. The average Bonchev–Trinajstić information content (AvgIpc) is 1.85. The normalized spacial score (nSPS) is 18.1. The van der Waals surface area contributed by atoms with E-state index in [-0.39, 0.29) is 0 Å². The molecule has 75 valence electrons. The number of hydrogen-bond donors (Lipinski definition) is 0. The molecule has 0 saturated carbocycles. The van der Waals surface area contributed by atoms with Gasteiger partial charge in [0.1, 0.15) is 0 Å². The van der Waals surface area contributed by atoms with Crippen molar-refractivity contribution in [3.63, 3.8) is 0 Å². The molecule has 0 amide bonds. The van der Waals surface area contributed by atoms with Gasteiger partial charge in [0.15, 0.2) is 0 Å². The van der Waals surface area contributed by atoms with E-state index in [1.165, 1.54) is 6.07 Å². The molecule has 1 aromatic rings. The number of hydrogen-bond acceptors (Lipinski definition) is 0. The molecular formula is C6H5AuF5. The second-order valence-corrected chi connectivity index (χ2v) is 8.36. The standard InChI is InChI=1S/C6H5.Au.5FH/c1-2-4-6-5-3-1;;;;;;/h1-5H;;5*1H/q;+5;;;;;/p-5. The molecule has 6 heteroatoms. The first-order chi connectivity index (χ1) is 5.09. The molecule has 0 bridgehead atoms. The molecule has 1 rings (SSSR count). The zero-order valence-corrected chi connectivity index (χ0v) is 7.74. The quantitative estimate of drug-likeness (QED) is 0.528. The Labute approximate surface area is 66.9 Å². The van der Waals surface area contributed by atoms with Gasteiger partial charge in [0, 0.05) is 0 Å². The van der Waals surface area contributed by atoms with Crippen LogP contribution in [-0.2, 0) is 17.2 Å². The Morgan fingerprint density at radius 1 is 0.750 bits per heavy atom. The molecule has 0 N–H and O–H groups in total. The maximum absolute atomic E-state index is 12.0. The van der Waals surface area contributed by atoms with Gasteiger partial charge in [-0.05, 0) is 0 Å². The van der Waals surface area contributed by atoms with Crippen LogP contribution in [0.2, 0.25) is 0 Å². The van der Waals surface area contributed by atoms with Gasteiger partial charge < -0.3 is 0 Å². The van der Waals surface area contributed by atoms with Crippen molar-refractivity contribution in [3.05, 3.63) is 30.3 Å². The van der Waals surface area contributed by atoms with Crippen LogP contribution in [-0.4, -0.2) is 0 Å². The number of rotatable bonds is 1. The van der Waals surface area contributed by atoms with E-state index in [1.807, 2.05) is 0 Å². The van der Waals surface area contributed by atoms with Crippen molar-refractivity contribution in [3.8, 4) is 0 Å². The van der Waals surface area contributed by atoms with Gasteiger partial charge in [0.05, 0.1) is 0 Å². The molecule has 0 aromatic heterocycles. The summed E-state index contributed by atoms with van der Waals surface area (Å²) in [5, 5.41) is 0. The van der Waals surface area contributed by atoms with Crippen molar-refractivity contribution < 1.29 is 32.4 Å². The van der Waals surface area contributed by atoms with E-state index >= 15 is 0 Å². The SMILES string of the molecule is [F][Au]([F])([F])([F])([F])[c]1ccccc1. The summed E-state index contributed by atoms with van der Waals surface area (Å²) in [4.78, 5) is 0. The van der Waals surface area contributed by atoms with Crippen LogP contribution in [0.4, 0.5) is 15.1 Å². The summed E-state index contributed by atoms with van der Waals surface area (Å²) in [5.41, 5.74) is 0. The van der Waals surface area contributed by atoms with Crippen LogP contribution >= 0.6 is 0 Å². The molecule has 12 heavy (non-hydrogen) atoms. The minimum atomic E-state index is -10.1. The van der Waals surface area contributed by atoms with E-state index in [0.717, 1.165) is 12.1 Å². The molecule has 0 aliphatic rings. The molecule has 0 aliphatic heterocycles. The Balaban J connectivity index is 3.36. The van der Waals surface area contributed by atoms with Gasteiger partial charge in [-0.15, -0.1) is 0 Å². The molecule has 0 fully saturated rings. The zero-order valence-electron chi connectivity index (χ0n) is 5.58. The van der Waals surface area contributed by atoms with Crippen molar-refractivity contribution in [1.82, 2.24) is 0 Å². The molecule has 0 heterocycles. The van der Waals surface area contributed by atoms with Crippen LogP contribution in [0.5, 0.6) is 0 Å². The van der Waals surface area contributed by atoms with Crippen molar-refractivity contribution in [2.24, 2.45) is 0 Å². The fraction of sp³-hybridized carbons (Fsp3) is 0. The van der Waals surface area contributed by atoms with E-state index in [2.05, 4.69) is 0 Å². The van der Waals surface area contributed by atoms with Crippen LogP contribution in [0.25, 0.3) is 0 Å². The molecule has 0 radical (unpaired) electrons. The monoisotopic (exact) mass is 369 g/mol. The van der Waals surface area contributed by atoms with Gasteiger partial charge in [0.25, 0.3) is 0 Å². The second kappa shape index (κ2) is 1.92. The summed E-state index contributed by atoms with van der Waals surface area (Å²) in [6, 6.07) is 3.91. The van der Waals surface area contributed by atoms with Crippen molar-refractivity contribution in [2.75, 3.05) is 0 Å². The van der Waals surface area contributed by atoms with Crippen LogP contribution in [0.3, 0.4) is 0 Å². The first kappa shape index (κ1) is 9.70. The first-order valence-corrected chi connectivity index (χ1v) is 7.81. The summed E-state index contributed by atoms with van der Waals surface area (Å²) in [5.74, 6) is 0. The molecule has 0 aliphatic carbocycles. The molecule has 0 unspecified atom stereocenters. The second-order valence-electron chi connectivity index (χ2n) is 1.97. The van der Waals surface area contributed by atoms with Crippen LogP contribution in [0.15, 0.2) is 30.3 Å². The molecule has 1 aromatic carbocycles. The van der Waals surface area contributed by atoms with E-state index in [9.17, 15) is 15.1 Å². The third kappa shape index (κ3) is 2.30. The third-order valence-electron chi connectivity index (χ3n) is 1.04. The van der Waals surface area contributed by atoms with Gasteiger partial charge in [0.2, 0.25) is 0 Å². The predicted molar refractivity (Wildman–Crippen MR) is 31.6 cm³/mol. The van der Waals surface area contributed by atoms with Crippen LogP contribution < -0.4 is 3.78 Å². The number of benzene rings is 1. The molecule has 0 saturated heterocycles. The summed E-state index contributed by atoms with van der Waals surface area (Å²) in [6.07, 6.45) is 0. The Hall–Kier alpha value is -0.390. The Morgan fingerprint density at radius 2 is 1.17 bits per heavy atom. The van der Waals surface area contributed by atoms with Crippen molar-refractivity contribution in [1.29, 1.82) is 0 Å². The van der Waals surface area contributed by atoms with Crippen molar-refractivity contribution in [2.45, 2.75) is 0 Å². The fourth-order valence-electron chi connectivity index (χ4n) is 0.590. The Bertz CT molecular complexity index is 285. The van der Waals surface area contributed by atoms with Gasteiger partial charge in [-0.3, -0.25) is 0 Å². The molecular weight excluding hydrogens is 364 g/mol. The molecule has 0 spiro atoms. The van der Waals surface area contributed by atoms with Gasteiger partial charge in [-0.25, -0.2) is 0 Å². The fourth-order valence-corrected chi connectivity index (χ4v) is 2.37. The maximum atomic E-state index is 12.0. The van der Waals surface area contributed by atoms with E-state index in [1.54, 1.807) is 0 Å². The minimum absolute atomic E-state index is 0.389. The Morgan fingerprint density at radius 3 is 1.42 bits per heavy atom. The van der Waals surface area contributed by atoms with E-state index in [4.69, 9.17) is 0 Å². The van der Waals surface area contributed by atoms with Crippen LogP contribution in [0, 0.1) is 0 Å². The van der Waals surface area contributed by atoms with Crippen molar-refractivity contribution >= 4 is 3.78 Å². The third-order valence-corrected chi connectivity index (χ3v) is 4.12. The first-order valence-electron chi connectivity index (χ1n) is 2.63. The zero-order chi connectivity index (χ0) is 9.52. The molecule has 0 atom stereocenters. The Kier molecular flexibility index (Phi) is 1.55. The topological polar surface area (TPSA) is 0 Å². The van der Waals surface area contributed by atoms with E-state index in [0.29, 0.717) is 12.1 Å². The van der Waals surface area contributed by atoms with Gasteiger partial charge >= 0.3 is 66.5 Å². The van der Waals surface area contributed by atoms with Crippen LogP contribution in [0.1, 0.15) is 0 Å². The summed E-state index contributed by atoms with van der Waals surface area (Å²) >= 11 is -10.1. The molecule has 0 nitrogen and oxygen atoms in total. The predicted octanol–water partition coefficient (Wildman–Crippen LogP) is 2.96. The van der Waals surface area contributed by atoms with E-state index < -0.39 is 21.0 Å². The summed E-state index contributed by atoms with van der Waals surface area (Å²) in [7, 11) is 0. The summed E-state index contributed by atoms with van der Waals surface area (Å²) < 4.78 is 58.2. The number of halogens is 5.